The van der Waals surface area contributed by atoms with Gasteiger partial charge in [-0.25, -0.2) is 4.98 Å². The van der Waals surface area contributed by atoms with Crippen LogP contribution in [0.25, 0.3) is 11.0 Å². The van der Waals surface area contributed by atoms with E-state index in [0.29, 0.717) is 6.61 Å². The molecule has 3 rings (SSSR count). The van der Waals surface area contributed by atoms with Crippen molar-refractivity contribution in [3.05, 3.63) is 30.1 Å². The number of H-pyrrole nitrogens is 1. The van der Waals surface area contributed by atoms with Crippen LogP contribution in [-0.4, -0.2) is 22.5 Å². The molecule has 0 unspecified atom stereocenters. The van der Waals surface area contributed by atoms with Gasteiger partial charge in [0.25, 0.3) is 0 Å². The number of esters is 1. The van der Waals surface area contributed by atoms with Crippen LogP contribution in [0.4, 0.5) is 0 Å². The van der Waals surface area contributed by atoms with Gasteiger partial charge < -0.3 is 9.72 Å². The Morgan fingerprint density at radius 1 is 1.47 bits per heavy atom. The molecule has 4 nitrogen and oxygen atoms in total. The van der Waals surface area contributed by atoms with Crippen LogP contribution in [0.2, 0.25) is 0 Å². The highest BCUT2D eigenvalue weighted by Crippen LogP contribution is 2.48. The Balaban J connectivity index is 2.01. The molecule has 4 heteroatoms. The summed E-state index contributed by atoms with van der Waals surface area (Å²) in [6.45, 7) is 2.24. The molecule has 1 aliphatic carbocycles. The zero-order valence-corrected chi connectivity index (χ0v) is 9.69. The lowest BCUT2D eigenvalue weighted by Crippen LogP contribution is -2.24. The number of carbonyl (C=O) groups is 1. The molecule has 1 aliphatic rings. The van der Waals surface area contributed by atoms with Crippen LogP contribution < -0.4 is 0 Å². The Bertz CT molecular complexity index is 537. The van der Waals surface area contributed by atoms with Gasteiger partial charge in [-0.2, -0.15) is 0 Å². The second kappa shape index (κ2) is 3.58. The van der Waals surface area contributed by atoms with Crippen LogP contribution in [0, 0.1) is 0 Å². The number of hydrogen-bond acceptors (Lipinski definition) is 3. The number of benzene rings is 1. The first-order chi connectivity index (χ1) is 8.26. The van der Waals surface area contributed by atoms with E-state index >= 15 is 0 Å². The zero-order chi connectivity index (χ0) is 11.9. The van der Waals surface area contributed by atoms with E-state index in [0.717, 1.165) is 29.7 Å². The molecule has 0 spiro atoms. The Morgan fingerprint density at radius 2 is 2.24 bits per heavy atom. The number of hydrogen-bond donors (Lipinski definition) is 1. The van der Waals surface area contributed by atoms with E-state index in [1.807, 2.05) is 31.2 Å². The Kier molecular flexibility index (Phi) is 2.18. The third-order valence-corrected chi connectivity index (χ3v) is 3.26. The van der Waals surface area contributed by atoms with Crippen LogP contribution in [0.15, 0.2) is 24.3 Å². The largest absolute Gasteiger partial charge is 0.465 e. The monoisotopic (exact) mass is 230 g/mol. The molecular weight excluding hydrogens is 216 g/mol. The topological polar surface area (TPSA) is 55.0 Å². The van der Waals surface area contributed by atoms with Crippen LogP contribution in [-0.2, 0) is 14.9 Å². The van der Waals surface area contributed by atoms with Crippen molar-refractivity contribution in [2.75, 3.05) is 6.61 Å². The smallest absolute Gasteiger partial charge is 0.319 e. The Morgan fingerprint density at radius 3 is 2.88 bits per heavy atom. The fourth-order valence-corrected chi connectivity index (χ4v) is 2.11. The average molecular weight is 230 g/mol. The molecule has 1 fully saturated rings. The van der Waals surface area contributed by atoms with Crippen molar-refractivity contribution in [3.63, 3.8) is 0 Å². The third kappa shape index (κ3) is 1.52. The van der Waals surface area contributed by atoms with E-state index in [4.69, 9.17) is 4.74 Å². The molecule has 1 saturated carbocycles. The van der Waals surface area contributed by atoms with Crippen molar-refractivity contribution in [1.29, 1.82) is 0 Å². The van der Waals surface area contributed by atoms with E-state index < -0.39 is 5.41 Å². The summed E-state index contributed by atoms with van der Waals surface area (Å²) < 4.78 is 5.12. The quantitative estimate of drug-likeness (QED) is 0.822. The van der Waals surface area contributed by atoms with Gasteiger partial charge in [0.05, 0.1) is 17.6 Å². The maximum absolute atomic E-state index is 11.9. The standard InChI is InChI=1S/C13H14N2O2/c1-2-17-12(16)13(7-8-13)11-14-9-5-3-4-6-10(9)15-11/h3-6H,2,7-8H2,1H3,(H,14,15). The van der Waals surface area contributed by atoms with Crippen LogP contribution in [0.5, 0.6) is 0 Å². The van der Waals surface area contributed by atoms with Gasteiger partial charge in [0.2, 0.25) is 0 Å². The van der Waals surface area contributed by atoms with Gasteiger partial charge in [-0.15, -0.1) is 0 Å². The maximum Gasteiger partial charge on any atom is 0.319 e. The predicted molar refractivity (Wildman–Crippen MR) is 63.6 cm³/mol. The van der Waals surface area contributed by atoms with Gasteiger partial charge in [0, 0.05) is 0 Å². The average Bonchev–Trinajstić information content (AvgIpc) is 3.03. The molecular formula is C13H14N2O2. The highest BCUT2D eigenvalue weighted by atomic mass is 16.5. The summed E-state index contributed by atoms with van der Waals surface area (Å²) >= 11 is 0. The highest BCUT2D eigenvalue weighted by Gasteiger charge is 2.55. The zero-order valence-electron chi connectivity index (χ0n) is 9.69. The van der Waals surface area contributed by atoms with Crippen molar-refractivity contribution in [3.8, 4) is 0 Å². The van der Waals surface area contributed by atoms with Crippen molar-refractivity contribution >= 4 is 17.0 Å². The van der Waals surface area contributed by atoms with E-state index in [1.165, 1.54) is 0 Å². The minimum absolute atomic E-state index is 0.154. The molecule has 1 heterocycles. The lowest BCUT2D eigenvalue weighted by Gasteiger charge is -2.10. The van der Waals surface area contributed by atoms with Crippen LogP contribution in [0.3, 0.4) is 0 Å². The van der Waals surface area contributed by atoms with E-state index in [2.05, 4.69) is 9.97 Å². The molecule has 2 aromatic rings. The van der Waals surface area contributed by atoms with E-state index in [9.17, 15) is 4.79 Å². The summed E-state index contributed by atoms with van der Waals surface area (Å²) in [4.78, 5) is 19.6. The lowest BCUT2D eigenvalue weighted by molar-refractivity contribution is -0.146. The number of nitrogens with zero attached hydrogens (tertiary/aromatic N) is 1. The first kappa shape index (κ1) is 10.3. The van der Waals surface area contributed by atoms with E-state index in [-0.39, 0.29) is 5.97 Å². The molecule has 17 heavy (non-hydrogen) atoms. The summed E-state index contributed by atoms with van der Waals surface area (Å²) in [6, 6.07) is 7.80. The minimum Gasteiger partial charge on any atom is -0.465 e. The molecule has 88 valence electrons. The number of fused-ring (bicyclic) bond motifs is 1. The van der Waals surface area contributed by atoms with Gasteiger partial charge in [0.1, 0.15) is 11.2 Å². The normalized spacial score (nSPS) is 17.0. The van der Waals surface area contributed by atoms with Gasteiger partial charge >= 0.3 is 5.97 Å². The number of carbonyl (C=O) groups excluding carboxylic acids is 1. The second-order valence-corrected chi connectivity index (χ2v) is 4.41. The molecule has 0 amide bonds. The maximum atomic E-state index is 11.9. The van der Waals surface area contributed by atoms with Gasteiger partial charge in [-0.1, -0.05) is 12.1 Å². The van der Waals surface area contributed by atoms with Crippen LogP contribution >= 0.6 is 0 Å². The molecule has 0 atom stereocenters. The number of nitrogens with one attached hydrogen (secondary N) is 1. The first-order valence-corrected chi connectivity index (χ1v) is 5.89. The Labute approximate surface area is 99.0 Å². The van der Waals surface area contributed by atoms with Crippen molar-refractivity contribution in [2.24, 2.45) is 0 Å². The van der Waals surface area contributed by atoms with E-state index in [1.54, 1.807) is 0 Å². The fourth-order valence-electron chi connectivity index (χ4n) is 2.11. The Hall–Kier alpha value is -1.84. The molecule has 0 radical (unpaired) electrons. The van der Waals surface area contributed by atoms with Crippen molar-refractivity contribution in [2.45, 2.75) is 25.2 Å². The SMILES string of the molecule is CCOC(=O)C1(c2nc3ccccc3[nH]2)CC1. The van der Waals surface area contributed by atoms with Gasteiger partial charge in [-0.3, -0.25) is 4.79 Å². The number of para-hydroxylation sites is 2. The minimum atomic E-state index is -0.505. The summed E-state index contributed by atoms with van der Waals surface area (Å²) in [5, 5.41) is 0. The summed E-state index contributed by atoms with van der Waals surface area (Å²) in [5.41, 5.74) is 1.37. The highest BCUT2D eigenvalue weighted by molar-refractivity contribution is 5.87. The summed E-state index contributed by atoms with van der Waals surface area (Å²) in [7, 11) is 0. The van der Waals surface area contributed by atoms with Gasteiger partial charge in [0.15, 0.2) is 0 Å². The lowest BCUT2D eigenvalue weighted by atomic mass is 10.1. The van der Waals surface area contributed by atoms with Crippen molar-refractivity contribution in [1.82, 2.24) is 9.97 Å². The van der Waals surface area contributed by atoms with Crippen molar-refractivity contribution < 1.29 is 9.53 Å². The predicted octanol–water partition coefficient (Wildman–Crippen LogP) is 2.16. The number of rotatable bonds is 3. The van der Waals surface area contributed by atoms with Gasteiger partial charge in [-0.05, 0) is 31.9 Å². The number of aromatic amines is 1. The van der Waals surface area contributed by atoms with Crippen LogP contribution in [0.1, 0.15) is 25.6 Å². The number of ether oxygens (including phenoxy) is 1. The number of imidazole rings is 1. The molecule has 0 bridgehead atoms. The summed E-state index contributed by atoms with van der Waals surface area (Å²) in [6.07, 6.45) is 1.65. The molecule has 1 aromatic carbocycles. The second-order valence-electron chi connectivity index (χ2n) is 4.41. The number of aromatic nitrogens is 2. The summed E-state index contributed by atoms with van der Waals surface area (Å²) in [5.74, 6) is 0.594. The fraction of sp³-hybridized carbons (Fsp3) is 0.385. The molecule has 1 N–H and O–H groups in total. The molecule has 0 aliphatic heterocycles. The third-order valence-electron chi connectivity index (χ3n) is 3.26. The molecule has 1 aromatic heterocycles. The molecule has 0 saturated heterocycles. The first-order valence-electron chi connectivity index (χ1n) is 5.89.